The van der Waals surface area contributed by atoms with Crippen LogP contribution in [0.1, 0.15) is 6.92 Å². The van der Waals surface area contributed by atoms with Crippen LogP contribution in [0.4, 0.5) is 14.5 Å². The maximum atomic E-state index is 13.8. The van der Waals surface area contributed by atoms with E-state index in [4.69, 9.17) is 4.74 Å². The van der Waals surface area contributed by atoms with Crippen LogP contribution in [0.25, 0.3) is 0 Å². The van der Waals surface area contributed by atoms with E-state index in [1.54, 1.807) is 6.92 Å². The van der Waals surface area contributed by atoms with Crippen LogP contribution in [0, 0.1) is 11.6 Å². The lowest BCUT2D eigenvalue weighted by Crippen LogP contribution is -2.39. The highest BCUT2D eigenvalue weighted by atomic mass is 19.2. The number of methoxy groups -OCH3 is 2. The summed E-state index contributed by atoms with van der Waals surface area (Å²) in [6, 6.07) is 1.90. The van der Waals surface area contributed by atoms with Crippen molar-refractivity contribution in [1.82, 2.24) is 0 Å². The second kappa shape index (κ2) is 6.64. The van der Waals surface area contributed by atoms with Crippen molar-refractivity contribution in [1.29, 1.82) is 0 Å². The number of hydrogen-bond donors (Lipinski definition) is 0. The molecule has 0 saturated heterocycles. The molecule has 1 aliphatic heterocycles. The summed E-state index contributed by atoms with van der Waals surface area (Å²) in [4.78, 5) is 24.9. The third-order valence-corrected chi connectivity index (χ3v) is 3.33. The first-order chi connectivity index (χ1) is 10.9. The highest BCUT2D eigenvalue weighted by Gasteiger charge is 2.30. The molecule has 0 radical (unpaired) electrons. The standard InChI is InChI=1S/C15H15F2NO5/c1-8-7-23-13-11(5-4-10(16)12(13)17)18(8)6-9(14(19)21-2)15(20)22-3/h4-6,8H,7H2,1-3H3/t8-/m0/s1. The molecule has 0 fully saturated rings. The van der Waals surface area contributed by atoms with Crippen molar-refractivity contribution in [3.63, 3.8) is 0 Å². The van der Waals surface area contributed by atoms with Gasteiger partial charge < -0.3 is 19.1 Å². The van der Waals surface area contributed by atoms with Crippen molar-refractivity contribution in [3.05, 3.63) is 35.5 Å². The largest absolute Gasteiger partial charge is 0.486 e. The average molecular weight is 327 g/mol. The normalized spacial score (nSPS) is 16.0. The molecule has 124 valence electrons. The first-order valence-electron chi connectivity index (χ1n) is 6.68. The fourth-order valence-corrected chi connectivity index (χ4v) is 2.13. The number of esters is 2. The van der Waals surface area contributed by atoms with E-state index < -0.39 is 23.6 Å². The third kappa shape index (κ3) is 3.10. The lowest BCUT2D eigenvalue weighted by atomic mass is 10.1. The number of fused-ring (bicyclic) bond motifs is 1. The Bertz CT molecular complexity index is 656. The summed E-state index contributed by atoms with van der Waals surface area (Å²) in [5, 5.41) is 0. The molecule has 8 heteroatoms. The van der Waals surface area contributed by atoms with Crippen LogP contribution in [0.3, 0.4) is 0 Å². The van der Waals surface area contributed by atoms with E-state index in [1.807, 2.05) is 0 Å². The first-order valence-corrected chi connectivity index (χ1v) is 6.68. The minimum absolute atomic E-state index is 0.0412. The van der Waals surface area contributed by atoms with Gasteiger partial charge in [-0.1, -0.05) is 0 Å². The molecule has 2 rings (SSSR count). The summed E-state index contributed by atoms with van der Waals surface area (Å²) in [6.45, 7) is 1.77. The molecule has 1 aromatic rings. The van der Waals surface area contributed by atoms with Crippen LogP contribution in [0.2, 0.25) is 0 Å². The molecule has 23 heavy (non-hydrogen) atoms. The van der Waals surface area contributed by atoms with Gasteiger partial charge in [-0.15, -0.1) is 0 Å². The SMILES string of the molecule is COC(=O)C(=CN1c2ccc(F)c(F)c2OC[C@@H]1C)C(=O)OC. The average Bonchev–Trinajstić information content (AvgIpc) is 2.56. The number of hydrogen-bond acceptors (Lipinski definition) is 6. The zero-order valence-electron chi connectivity index (χ0n) is 12.8. The Balaban J connectivity index is 2.54. The topological polar surface area (TPSA) is 65.1 Å². The molecule has 0 saturated carbocycles. The molecular weight excluding hydrogens is 312 g/mol. The Labute approximate surface area is 131 Å². The van der Waals surface area contributed by atoms with E-state index in [0.29, 0.717) is 0 Å². The number of halogens is 2. The van der Waals surface area contributed by atoms with Gasteiger partial charge >= 0.3 is 11.9 Å². The van der Waals surface area contributed by atoms with Gasteiger partial charge in [-0.3, -0.25) is 0 Å². The van der Waals surface area contributed by atoms with E-state index in [9.17, 15) is 18.4 Å². The summed E-state index contributed by atoms with van der Waals surface area (Å²) in [7, 11) is 2.23. The molecule has 1 heterocycles. The summed E-state index contributed by atoms with van der Waals surface area (Å²) >= 11 is 0. The van der Waals surface area contributed by atoms with Gasteiger partial charge in [0.2, 0.25) is 5.82 Å². The van der Waals surface area contributed by atoms with Crippen molar-refractivity contribution in [2.45, 2.75) is 13.0 Å². The predicted molar refractivity (Wildman–Crippen MR) is 75.9 cm³/mol. The van der Waals surface area contributed by atoms with E-state index in [2.05, 4.69) is 9.47 Å². The first kappa shape index (κ1) is 16.7. The van der Waals surface area contributed by atoms with E-state index in [1.165, 1.54) is 17.2 Å². The second-order valence-corrected chi connectivity index (χ2v) is 4.80. The Hall–Kier alpha value is -2.64. The van der Waals surface area contributed by atoms with Gasteiger partial charge in [0.15, 0.2) is 17.1 Å². The van der Waals surface area contributed by atoms with E-state index >= 15 is 0 Å². The van der Waals surface area contributed by atoms with Gasteiger partial charge in [0.05, 0.1) is 25.9 Å². The van der Waals surface area contributed by atoms with Crippen molar-refractivity contribution in [3.8, 4) is 5.75 Å². The molecule has 0 amide bonds. The highest BCUT2D eigenvalue weighted by Crippen LogP contribution is 2.37. The van der Waals surface area contributed by atoms with Gasteiger partial charge in [-0.2, -0.15) is 4.39 Å². The van der Waals surface area contributed by atoms with Crippen molar-refractivity contribution >= 4 is 17.6 Å². The number of nitrogens with zero attached hydrogens (tertiary/aromatic N) is 1. The molecule has 0 unspecified atom stereocenters. The molecule has 6 nitrogen and oxygen atoms in total. The minimum Gasteiger partial charge on any atom is -0.486 e. The molecule has 0 aliphatic carbocycles. The fourth-order valence-electron chi connectivity index (χ4n) is 2.13. The van der Waals surface area contributed by atoms with Gasteiger partial charge in [0.25, 0.3) is 0 Å². The smallest absolute Gasteiger partial charge is 0.346 e. The molecule has 1 aromatic carbocycles. The van der Waals surface area contributed by atoms with Crippen LogP contribution in [-0.4, -0.2) is 38.8 Å². The van der Waals surface area contributed by atoms with Crippen LogP contribution in [0.15, 0.2) is 23.9 Å². The summed E-state index contributed by atoms with van der Waals surface area (Å²) in [5.74, 6) is -4.28. The summed E-state index contributed by atoms with van der Waals surface area (Å²) < 4.78 is 41.5. The lowest BCUT2D eigenvalue weighted by Gasteiger charge is -2.34. The molecule has 1 atom stereocenters. The summed E-state index contributed by atoms with van der Waals surface area (Å²) in [5.41, 5.74) is -0.188. The van der Waals surface area contributed by atoms with Gasteiger partial charge in [0, 0.05) is 6.20 Å². The van der Waals surface area contributed by atoms with Gasteiger partial charge in [-0.05, 0) is 19.1 Å². The highest BCUT2D eigenvalue weighted by molar-refractivity contribution is 6.14. The van der Waals surface area contributed by atoms with Crippen LogP contribution < -0.4 is 9.64 Å². The maximum Gasteiger partial charge on any atom is 0.346 e. The Morgan fingerprint density at radius 2 is 1.87 bits per heavy atom. The van der Waals surface area contributed by atoms with Crippen LogP contribution in [-0.2, 0) is 19.1 Å². The van der Waals surface area contributed by atoms with Crippen molar-refractivity contribution < 1.29 is 32.6 Å². The monoisotopic (exact) mass is 327 g/mol. The maximum absolute atomic E-state index is 13.8. The molecule has 0 bridgehead atoms. The number of ether oxygens (including phenoxy) is 3. The third-order valence-electron chi connectivity index (χ3n) is 3.33. The zero-order chi connectivity index (χ0) is 17.1. The zero-order valence-corrected chi connectivity index (χ0v) is 12.8. The van der Waals surface area contributed by atoms with E-state index in [0.717, 1.165) is 20.3 Å². The molecule has 0 N–H and O–H groups in total. The molecule has 0 spiro atoms. The van der Waals surface area contributed by atoms with Crippen LogP contribution >= 0.6 is 0 Å². The number of carbonyl (C=O) groups excluding carboxylic acids is 2. The predicted octanol–water partition coefficient (Wildman–Crippen LogP) is 1.78. The quantitative estimate of drug-likeness (QED) is 0.365. The van der Waals surface area contributed by atoms with E-state index in [-0.39, 0.29) is 29.7 Å². The lowest BCUT2D eigenvalue weighted by molar-refractivity contribution is -0.144. The van der Waals surface area contributed by atoms with Crippen LogP contribution in [0.5, 0.6) is 5.75 Å². The Kier molecular flexibility index (Phi) is 4.83. The summed E-state index contributed by atoms with van der Waals surface area (Å²) in [6.07, 6.45) is 1.18. The second-order valence-electron chi connectivity index (χ2n) is 4.80. The van der Waals surface area contributed by atoms with Crippen molar-refractivity contribution in [2.75, 3.05) is 25.7 Å². The van der Waals surface area contributed by atoms with Crippen molar-refractivity contribution in [2.24, 2.45) is 0 Å². The van der Waals surface area contributed by atoms with Gasteiger partial charge in [0.1, 0.15) is 6.61 Å². The number of anilines is 1. The Morgan fingerprint density at radius 3 is 2.43 bits per heavy atom. The Morgan fingerprint density at radius 1 is 1.26 bits per heavy atom. The molecule has 1 aliphatic rings. The fraction of sp³-hybridized carbons (Fsp3) is 0.333. The minimum atomic E-state index is -1.13. The number of rotatable bonds is 3. The molecular formula is C15H15F2NO5. The van der Waals surface area contributed by atoms with Gasteiger partial charge in [-0.25, -0.2) is 14.0 Å². The number of benzene rings is 1. The molecule has 0 aromatic heterocycles. The number of carbonyl (C=O) groups is 2.